The fraction of sp³-hybridized carbons (Fsp3) is 0.200. The van der Waals surface area contributed by atoms with Crippen LogP contribution in [0.25, 0.3) is 10.8 Å². The molecule has 1 nitrogen and oxygen atoms in total. The van der Waals surface area contributed by atoms with Crippen molar-refractivity contribution in [2.45, 2.75) is 25.9 Å². The summed E-state index contributed by atoms with van der Waals surface area (Å²) in [6.45, 7) is 3.14. The van der Waals surface area contributed by atoms with E-state index in [-0.39, 0.29) is 0 Å². The number of hydrogen-bond acceptors (Lipinski definition) is 1. The minimum atomic E-state index is 0.398. The maximum Gasteiger partial charge on any atom is 0.0320 e. The van der Waals surface area contributed by atoms with Crippen molar-refractivity contribution in [3.05, 3.63) is 83.9 Å². The summed E-state index contributed by atoms with van der Waals surface area (Å²) in [5, 5.41) is 6.29. The normalized spacial score (nSPS) is 12.4. The summed E-state index contributed by atoms with van der Waals surface area (Å²) in [7, 11) is 0. The van der Waals surface area contributed by atoms with Gasteiger partial charge in [-0.25, -0.2) is 0 Å². The van der Waals surface area contributed by atoms with E-state index in [4.69, 9.17) is 0 Å². The molecule has 1 unspecified atom stereocenters. The smallest absolute Gasteiger partial charge is 0.0320 e. The Bertz CT molecular complexity index is 703. The molecule has 0 heterocycles. The molecule has 0 aliphatic rings. The average Bonchev–Trinajstić information content (AvgIpc) is 2.56. The van der Waals surface area contributed by atoms with Crippen LogP contribution in [0.5, 0.6) is 0 Å². The van der Waals surface area contributed by atoms with Crippen LogP contribution in [0.15, 0.2) is 72.8 Å². The van der Waals surface area contributed by atoms with Crippen molar-refractivity contribution in [3.63, 3.8) is 0 Å². The summed E-state index contributed by atoms with van der Waals surface area (Å²) >= 11 is 0. The van der Waals surface area contributed by atoms with Crippen molar-refractivity contribution in [1.82, 2.24) is 5.32 Å². The van der Waals surface area contributed by atoms with Gasteiger partial charge in [0, 0.05) is 12.6 Å². The molecule has 0 radical (unpaired) electrons. The first-order valence-electron chi connectivity index (χ1n) is 7.63. The molecule has 3 aromatic carbocycles. The van der Waals surface area contributed by atoms with E-state index >= 15 is 0 Å². The second-order valence-electron chi connectivity index (χ2n) is 5.43. The molecule has 1 N–H and O–H groups in total. The van der Waals surface area contributed by atoms with Crippen molar-refractivity contribution in [2.24, 2.45) is 0 Å². The monoisotopic (exact) mass is 275 g/mol. The molecule has 0 fully saturated rings. The van der Waals surface area contributed by atoms with Crippen LogP contribution in [-0.2, 0) is 6.54 Å². The van der Waals surface area contributed by atoms with Gasteiger partial charge in [0.15, 0.2) is 0 Å². The molecule has 1 heteroatoms. The molecule has 0 aromatic heterocycles. The minimum absolute atomic E-state index is 0.398. The molecular weight excluding hydrogens is 254 g/mol. The summed E-state index contributed by atoms with van der Waals surface area (Å²) in [5.74, 6) is 0. The number of hydrogen-bond donors (Lipinski definition) is 1. The van der Waals surface area contributed by atoms with Crippen molar-refractivity contribution in [3.8, 4) is 0 Å². The maximum absolute atomic E-state index is 3.67. The first kappa shape index (κ1) is 13.8. The fourth-order valence-electron chi connectivity index (χ4n) is 2.76. The molecule has 0 spiro atoms. The van der Waals surface area contributed by atoms with Crippen molar-refractivity contribution in [1.29, 1.82) is 0 Å². The summed E-state index contributed by atoms with van der Waals surface area (Å²) < 4.78 is 0. The van der Waals surface area contributed by atoms with E-state index in [2.05, 4.69) is 85.0 Å². The molecule has 0 saturated heterocycles. The number of fused-ring (bicyclic) bond motifs is 1. The Morgan fingerprint density at radius 1 is 0.810 bits per heavy atom. The van der Waals surface area contributed by atoms with E-state index in [0.717, 1.165) is 13.0 Å². The highest BCUT2D eigenvalue weighted by molar-refractivity contribution is 5.83. The second-order valence-corrected chi connectivity index (χ2v) is 5.43. The van der Waals surface area contributed by atoms with Gasteiger partial charge in [0.2, 0.25) is 0 Å². The maximum atomic E-state index is 3.67. The van der Waals surface area contributed by atoms with E-state index in [1.54, 1.807) is 0 Å². The van der Waals surface area contributed by atoms with Gasteiger partial charge in [0.05, 0.1) is 0 Å². The lowest BCUT2D eigenvalue weighted by Crippen LogP contribution is -2.20. The van der Waals surface area contributed by atoms with E-state index in [1.807, 2.05) is 0 Å². The fourth-order valence-corrected chi connectivity index (χ4v) is 2.76. The first-order valence-corrected chi connectivity index (χ1v) is 7.63. The predicted molar refractivity (Wildman–Crippen MR) is 90.3 cm³/mol. The molecular formula is C20H21N. The van der Waals surface area contributed by atoms with Crippen LogP contribution in [0.3, 0.4) is 0 Å². The minimum Gasteiger partial charge on any atom is -0.306 e. The molecule has 21 heavy (non-hydrogen) atoms. The van der Waals surface area contributed by atoms with Crippen LogP contribution in [0.1, 0.15) is 30.5 Å². The quantitative estimate of drug-likeness (QED) is 0.684. The summed E-state index contributed by atoms with van der Waals surface area (Å²) in [4.78, 5) is 0. The SMILES string of the molecule is CCC(NCc1ccccc1)c1ccc2ccccc2c1. The van der Waals surface area contributed by atoms with E-state index < -0.39 is 0 Å². The average molecular weight is 275 g/mol. The summed E-state index contributed by atoms with van der Waals surface area (Å²) in [6, 6.07) is 26.3. The molecule has 0 saturated carbocycles. The van der Waals surface area contributed by atoms with Crippen LogP contribution in [-0.4, -0.2) is 0 Å². The highest BCUT2D eigenvalue weighted by atomic mass is 14.9. The summed E-state index contributed by atoms with van der Waals surface area (Å²) in [5.41, 5.74) is 2.70. The van der Waals surface area contributed by atoms with Gasteiger partial charge < -0.3 is 5.32 Å². The third kappa shape index (κ3) is 3.32. The van der Waals surface area contributed by atoms with E-state index in [0.29, 0.717) is 6.04 Å². The lowest BCUT2D eigenvalue weighted by atomic mass is 10.00. The van der Waals surface area contributed by atoms with Crippen LogP contribution in [0, 0.1) is 0 Å². The highest BCUT2D eigenvalue weighted by Crippen LogP contribution is 2.22. The van der Waals surface area contributed by atoms with Gasteiger partial charge in [-0.2, -0.15) is 0 Å². The van der Waals surface area contributed by atoms with Gasteiger partial charge >= 0.3 is 0 Å². The van der Waals surface area contributed by atoms with E-state index in [9.17, 15) is 0 Å². The largest absolute Gasteiger partial charge is 0.306 e. The molecule has 0 aliphatic heterocycles. The third-order valence-electron chi connectivity index (χ3n) is 3.98. The highest BCUT2D eigenvalue weighted by Gasteiger charge is 2.09. The Morgan fingerprint density at radius 3 is 2.29 bits per heavy atom. The van der Waals surface area contributed by atoms with E-state index in [1.165, 1.54) is 21.9 Å². The molecule has 0 aliphatic carbocycles. The summed E-state index contributed by atoms with van der Waals surface area (Å²) in [6.07, 6.45) is 1.09. The Kier molecular flexibility index (Phi) is 4.32. The zero-order chi connectivity index (χ0) is 14.5. The number of nitrogens with one attached hydrogen (secondary N) is 1. The zero-order valence-corrected chi connectivity index (χ0v) is 12.4. The molecule has 3 aromatic rings. The Hall–Kier alpha value is -2.12. The Labute approximate surface area is 126 Å². The van der Waals surface area contributed by atoms with Crippen LogP contribution < -0.4 is 5.32 Å². The number of benzene rings is 3. The van der Waals surface area contributed by atoms with Gasteiger partial charge in [-0.05, 0) is 34.4 Å². The van der Waals surface area contributed by atoms with Gasteiger partial charge in [-0.15, -0.1) is 0 Å². The number of rotatable bonds is 5. The van der Waals surface area contributed by atoms with Crippen molar-refractivity contribution in [2.75, 3.05) is 0 Å². The first-order chi connectivity index (χ1) is 10.4. The van der Waals surface area contributed by atoms with Gasteiger partial charge in [0.1, 0.15) is 0 Å². The van der Waals surface area contributed by atoms with Crippen LogP contribution in [0.2, 0.25) is 0 Å². The third-order valence-corrected chi connectivity index (χ3v) is 3.98. The van der Waals surface area contributed by atoms with Crippen LogP contribution in [0.4, 0.5) is 0 Å². The molecule has 3 rings (SSSR count). The van der Waals surface area contributed by atoms with Crippen molar-refractivity contribution < 1.29 is 0 Å². The van der Waals surface area contributed by atoms with Gasteiger partial charge in [-0.1, -0.05) is 73.7 Å². The second kappa shape index (κ2) is 6.55. The standard InChI is InChI=1S/C20H21N/c1-2-20(21-15-16-8-4-3-5-9-16)19-13-12-17-10-6-7-11-18(17)14-19/h3-14,20-21H,2,15H2,1H3. The zero-order valence-electron chi connectivity index (χ0n) is 12.4. The Balaban J connectivity index is 1.78. The topological polar surface area (TPSA) is 12.0 Å². The van der Waals surface area contributed by atoms with Gasteiger partial charge in [0.25, 0.3) is 0 Å². The lowest BCUT2D eigenvalue weighted by molar-refractivity contribution is 0.519. The molecule has 0 amide bonds. The van der Waals surface area contributed by atoms with Crippen LogP contribution >= 0.6 is 0 Å². The van der Waals surface area contributed by atoms with Crippen molar-refractivity contribution >= 4 is 10.8 Å². The predicted octanol–water partition coefficient (Wildman–Crippen LogP) is 5.08. The van der Waals surface area contributed by atoms with Gasteiger partial charge in [-0.3, -0.25) is 0 Å². The lowest BCUT2D eigenvalue weighted by Gasteiger charge is -2.18. The molecule has 106 valence electrons. The molecule has 1 atom stereocenters. The molecule has 0 bridgehead atoms. The Morgan fingerprint density at radius 2 is 1.52 bits per heavy atom.